The Hall–Kier alpha value is -7.80. The summed E-state index contributed by atoms with van der Waals surface area (Å²) in [6, 6.07) is 30.8. The van der Waals surface area contributed by atoms with Gasteiger partial charge in [-0.2, -0.15) is 0 Å². The number of rotatable bonds is 3. The van der Waals surface area contributed by atoms with Crippen molar-refractivity contribution in [1.82, 2.24) is 28.7 Å². The minimum Gasteiger partial charge on any atom is -0.265 e. The summed E-state index contributed by atoms with van der Waals surface area (Å²) >= 11 is 0. The van der Waals surface area contributed by atoms with Crippen LogP contribution in [-0.4, -0.2) is 28.7 Å². The van der Waals surface area contributed by atoms with Crippen molar-refractivity contribution in [1.29, 1.82) is 0 Å². The second-order valence-electron chi connectivity index (χ2n) is 11.0. The first-order chi connectivity index (χ1) is 25.0. The van der Waals surface area contributed by atoms with Gasteiger partial charge in [0, 0.05) is 70.6 Å². The zero-order valence-corrected chi connectivity index (χ0v) is 26.8. The van der Waals surface area contributed by atoms with Crippen molar-refractivity contribution in [2.45, 2.75) is 0 Å². The van der Waals surface area contributed by atoms with Crippen LogP contribution in [0.15, 0.2) is 161 Å². The standard InChI is InChI=1S/C42H24N6O3/c49-40-46(37-13-7-31(8-14-37)1-4-34-19-25-43-26-20-34)41(50)48(39-17-11-33(12-18-39)3-6-36-23-29-45-30-24-36)42(51)47(40)38-15-9-32(10-16-38)2-5-35-21-27-44-28-22-35/h7-30H. The highest BCUT2D eigenvalue weighted by atomic mass is 16.2. The summed E-state index contributed by atoms with van der Waals surface area (Å²) in [5, 5.41) is 0. The fourth-order valence-electron chi connectivity index (χ4n) is 5.03. The molecule has 0 bridgehead atoms. The molecule has 51 heavy (non-hydrogen) atoms. The Bertz CT molecular complexity index is 2380. The molecule has 0 aliphatic carbocycles. The van der Waals surface area contributed by atoms with Crippen molar-refractivity contribution < 1.29 is 0 Å². The molecule has 9 heteroatoms. The van der Waals surface area contributed by atoms with Crippen LogP contribution in [0, 0.1) is 35.5 Å². The Morgan fingerprint density at radius 1 is 0.294 bits per heavy atom. The van der Waals surface area contributed by atoms with Crippen molar-refractivity contribution in [2.75, 3.05) is 0 Å². The molecule has 4 aromatic heterocycles. The molecule has 240 valence electrons. The molecule has 9 nitrogen and oxygen atoms in total. The van der Waals surface area contributed by atoms with E-state index in [1.54, 1.807) is 146 Å². The maximum absolute atomic E-state index is 14.1. The van der Waals surface area contributed by atoms with Gasteiger partial charge in [-0.15, -0.1) is 0 Å². The van der Waals surface area contributed by atoms with Gasteiger partial charge in [-0.1, -0.05) is 35.5 Å². The van der Waals surface area contributed by atoms with Crippen molar-refractivity contribution in [3.63, 3.8) is 0 Å². The summed E-state index contributed by atoms with van der Waals surface area (Å²) in [5.74, 6) is 18.4. The second kappa shape index (κ2) is 14.5. The Morgan fingerprint density at radius 3 is 0.706 bits per heavy atom. The molecule has 4 heterocycles. The lowest BCUT2D eigenvalue weighted by atomic mass is 10.2. The molecule has 0 saturated carbocycles. The Morgan fingerprint density at radius 2 is 0.490 bits per heavy atom. The van der Waals surface area contributed by atoms with Gasteiger partial charge in [-0.05, 0) is 109 Å². The molecule has 0 unspecified atom stereocenters. The van der Waals surface area contributed by atoms with Crippen molar-refractivity contribution in [3.8, 4) is 52.6 Å². The molecular formula is C42H24N6O3. The number of hydrogen-bond donors (Lipinski definition) is 0. The van der Waals surface area contributed by atoms with E-state index in [1.165, 1.54) is 0 Å². The van der Waals surface area contributed by atoms with E-state index in [1.807, 2.05) is 0 Å². The topological polar surface area (TPSA) is 105 Å². The average molecular weight is 661 g/mol. The Balaban J connectivity index is 1.32. The lowest BCUT2D eigenvalue weighted by molar-refractivity contribution is 0.659. The van der Waals surface area contributed by atoms with Gasteiger partial charge in [0.2, 0.25) is 0 Å². The molecular weight excluding hydrogens is 637 g/mol. The predicted molar refractivity (Wildman–Crippen MR) is 194 cm³/mol. The van der Waals surface area contributed by atoms with Gasteiger partial charge in [0.25, 0.3) is 0 Å². The fraction of sp³-hybridized carbons (Fsp3) is 0. The molecule has 0 N–H and O–H groups in total. The molecule has 0 spiro atoms. The van der Waals surface area contributed by atoms with Gasteiger partial charge in [-0.25, -0.2) is 28.1 Å². The van der Waals surface area contributed by atoms with Gasteiger partial charge in [0.15, 0.2) is 0 Å². The maximum atomic E-state index is 14.1. The van der Waals surface area contributed by atoms with Crippen molar-refractivity contribution >= 4 is 0 Å². The monoisotopic (exact) mass is 660 g/mol. The van der Waals surface area contributed by atoms with E-state index in [0.717, 1.165) is 30.4 Å². The van der Waals surface area contributed by atoms with Crippen LogP contribution in [0.25, 0.3) is 17.1 Å². The predicted octanol–water partition coefficient (Wildman–Crippen LogP) is 4.52. The third-order valence-corrected chi connectivity index (χ3v) is 7.62. The quantitative estimate of drug-likeness (QED) is 0.258. The van der Waals surface area contributed by atoms with Gasteiger partial charge in [-0.3, -0.25) is 15.0 Å². The lowest BCUT2D eigenvalue weighted by Crippen LogP contribution is -2.52. The minimum absolute atomic E-state index is 0.265. The van der Waals surface area contributed by atoms with Crippen LogP contribution >= 0.6 is 0 Å². The minimum atomic E-state index is -0.827. The van der Waals surface area contributed by atoms with Crippen molar-refractivity contribution in [2.24, 2.45) is 0 Å². The normalized spacial score (nSPS) is 10.1. The third-order valence-electron chi connectivity index (χ3n) is 7.62. The first kappa shape index (κ1) is 31.8. The van der Waals surface area contributed by atoms with E-state index in [0.29, 0.717) is 16.7 Å². The van der Waals surface area contributed by atoms with E-state index in [9.17, 15) is 14.4 Å². The smallest absolute Gasteiger partial charge is 0.265 e. The lowest BCUT2D eigenvalue weighted by Gasteiger charge is -2.14. The van der Waals surface area contributed by atoms with E-state index >= 15 is 0 Å². The third kappa shape index (κ3) is 7.22. The second-order valence-corrected chi connectivity index (χ2v) is 11.0. The molecule has 7 rings (SSSR count). The number of benzene rings is 3. The highest BCUT2D eigenvalue weighted by Gasteiger charge is 2.19. The molecule has 0 atom stereocenters. The summed E-state index contributed by atoms with van der Waals surface area (Å²) < 4.78 is 2.90. The number of nitrogens with zero attached hydrogens (tertiary/aromatic N) is 6. The fourth-order valence-corrected chi connectivity index (χ4v) is 5.03. The summed E-state index contributed by atoms with van der Waals surface area (Å²) in [4.78, 5) is 54.3. The highest BCUT2D eigenvalue weighted by Crippen LogP contribution is 2.11. The van der Waals surface area contributed by atoms with E-state index in [4.69, 9.17) is 0 Å². The van der Waals surface area contributed by atoms with Gasteiger partial charge in [0.1, 0.15) is 0 Å². The molecule has 0 radical (unpaired) electrons. The van der Waals surface area contributed by atoms with Crippen LogP contribution < -0.4 is 17.1 Å². The van der Waals surface area contributed by atoms with Crippen LogP contribution in [0.4, 0.5) is 0 Å². The van der Waals surface area contributed by atoms with Gasteiger partial charge >= 0.3 is 17.1 Å². The number of hydrogen-bond acceptors (Lipinski definition) is 6. The zero-order chi connectivity index (χ0) is 35.0. The molecule has 0 saturated heterocycles. The number of aromatic nitrogens is 6. The van der Waals surface area contributed by atoms with Crippen LogP contribution in [0.5, 0.6) is 0 Å². The van der Waals surface area contributed by atoms with Crippen LogP contribution in [0.2, 0.25) is 0 Å². The van der Waals surface area contributed by atoms with Crippen molar-refractivity contribution in [3.05, 3.63) is 211 Å². The molecule has 0 amide bonds. The molecule has 0 fully saturated rings. The average Bonchev–Trinajstić information content (AvgIpc) is 3.18. The van der Waals surface area contributed by atoms with Gasteiger partial charge in [0.05, 0.1) is 17.1 Å². The summed E-state index contributed by atoms with van der Waals surface area (Å²) in [7, 11) is 0. The maximum Gasteiger partial charge on any atom is 0.345 e. The van der Waals surface area contributed by atoms with Crippen LogP contribution in [-0.2, 0) is 0 Å². The first-order valence-electron chi connectivity index (χ1n) is 15.6. The van der Waals surface area contributed by atoms with Crippen LogP contribution in [0.1, 0.15) is 33.4 Å². The van der Waals surface area contributed by atoms with E-state index in [2.05, 4.69) is 50.5 Å². The Kier molecular flexibility index (Phi) is 9.06. The molecule has 0 aliphatic heterocycles. The van der Waals surface area contributed by atoms with Gasteiger partial charge < -0.3 is 0 Å². The molecule has 7 aromatic rings. The Labute approximate surface area is 291 Å². The summed E-state index contributed by atoms with van der Waals surface area (Å²) in [5.41, 5.74) is 2.71. The highest BCUT2D eigenvalue weighted by molar-refractivity contribution is 5.49. The molecule has 3 aromatic carbocycles. The number of pyridine rings is 3. The molecule has 0 aliphatic rings. The largest absolute Gasteiger partial charge is 0.345 e. The van der Waals surface area contributed by atoms with E-state index < -0.39 is 17.1 Å². The van der Waals surface area contributed by atoms with E-state index in [-0.39, 0.29) is 17.1 Å². The van der Waals surface area contributed by atoms with Crippen LogP contribution in [0.3, 0.4) is 0 Å². The zero-order valence-electron chi connectivity index (χ0n) is 26.8. The SMILES string of the molecule is O=c1n(-c2ccc(C#Cc3ccncc3)cc2)c(=O)n(-c2ccc(C#Cc3ccncc3)cc2)c(=O)n1-c1ccc(C#Cc2ccncc2)cc1. The first-order valence-corrected chi connectivity index (χ1v) is 15.6. The summed E-state index contributed by atoms with van der Waals surface area (Å²) in [6.07, 6.45) is 9.96. The summed E-state index contributed by atoms with van der Waals surface area (Å²) in [6.45, 7) is 0.